The van der Waals surface area contributed by atoms with Crippen LogP contribution in [0.5, 0.6) is 0 Å². The molecule has 8 heteroatoms. The number of benzene rings is 1. The zero-order valence-corrected chi connectivity index (χ0v) is 16.6. The van der Waals surface area contributed by atoms with E-state index < -0.39 is 18.0 Å². The Morgan fingerprint density at radius 2 is 1.96 bits per heavy atom. The van der Waals surface area contributed by atoms with Crippen LogP contribution in [0.2, 0.25) is 0 Å². The summed E-state index contributed by atoms with van der Waals surface area (Å²) >= 11 is 1.11. The number of aryl methyl sites for hydroxylation is 1. The fraction of sp³-hybridized carbons (Fsp3) is 0.300. The van der Waals surface area contributed by atoms with Crippen molar-refractivity contribution in [3.8, 4) is 0 Å². The highest BCUT2D eigenvalue weighted by atomic mass is 32.1. The van der Waals surface area contributed by atoms with E-state index in [1.165, 1.54) is 18.0 Å². The number of hydrogen-bond acceptors (Lipinski definition) is 7. The molecule has 0 aliphatic carbocycles. The van der Waals surface area contributed by atoms with Crippen molar-refractivity contribution in [2.24, 2.45) is 0 Å². The second-order valence-electron chi connectivity index (χ2n) is 6.26. The third kappa shape index (κ3) is 3.82. The van der Waals surface area contributed by atoms with Crippen molar-refractivity contribution in [1.29, 1.82) is 0 Å². The van der Waals surface area contributed by atoms with Crippen LogP contribution in [-0.2, 0) is 20.7 Å². The van der Waals surface area contributed by atoms with Gasteiger partial charge in [0.25, 0.3) is 5.56 Å². The summed E-state index contributed by atoms with van der Waals surface area (Å²) in [4.78, 5) is 42.1. The summed E-state index contributed by atoms with van der Waals surface area (Å²) in [5.74, 6) is -1.03. The van der Waals surface area contributed by atoms with Crippen molar-refractivity contribution in [1.82, 2.24) is 9.55 Å². The summed E-state index contributed by atoms with van der Waals surface area (Å²) in [7, 11) is 1.26. The Kier molecular flexibility index (Phi) is 5.89. The van der Waals surface area contributed by atoms with E-state index in [2.05, 4.69) is 9.72 Å². The Morgan fingerprint density at radius 1 is 1.25 bits per heavy atom. The SMILES string of the molecule is COC(=O)C(C)n1cnc2sc(C(=O)OCCc3ccccc3)c(C)c2c1=O. The number of ether oxygens (including phenoxy) is 2. The first kappa shape index (κ1) is 19.8. The third-order valence-corrected chi connectivity index (χ3v) is 5.67. The van der Waals surface area contributed by atoms with Crippen molar-refractivity contribution in [3.05, 3.63) is 63.0 Å². The Morgan fingerprint density at radius 3 is 2.64 bits per heavy atom. The van der Waals surface area contributed by atoms with Crippen molar-refractivity contribution in [2.45, 2.75) is 26.3 Å². The van der Waals surface area contributed by atoms with E-state index in [0.29, 0.717) is 27.1 Å². The van der Waals surface area contributed by atoms with Gasteiger partial charge in [0.05, 0.1) is 25.4 Å². The lowest BCUT2D eigenvalue weighted by Crippen LogP contribution is -2.29. The number of carbonyl (C=O) groups excluding carboxylic acids is 2. The largest absolute Gasteiger partial charge is 0.467 e. The zero-order valence-electron chi connectivity index (χ0n) is 15.8. The van der Waals surface area contributed by atoms with E-state index in [-0.39, 0.29) is 12.2 Å². The number of nitrogens with zero attached hydrogens (tertiary/aromatic N) is 2. The maximum atomic E-state index is 12.8. The number of rotatable bonds is 6. The van der Waals surface area contributed by atoms with Gasteiger partial charge in [0.1, 0.15) is 15.7 Å². The van der Waals surface area contributed by atoms with E-state index >= 15 is 0 Å². The standard InChI is InChI=1S/C20H20N2O5S/c1-12-15-17(21-11-22(18(15)23)13(2)19(24)26-3)28-16(12)20(25)27-10-9-14-7-5-4-6-8-14/h4-8,11,13H,9-10H2,1-3H3. The highest BCUT2D eigenvalue weighted by Gasteiger charge is 2.23. The highest BCUT2D eigenvalue weighted by molar-refractivity contribution is 7.20. The fourth-order valence-corrected chi connectivity index (χ4v) is 3.90. The molecule has 28 heavy (non-hydrogen) atoms. The molecule has 1 aromatic carbocycles. The normalized spacial score (nSPS) is 12.0. The van der Waals surface area contributed by atoms with E-state index in [9.17, 15) is 14.4 Å². The lowest BCUT2D eigenvalue weighted by atomic mass is 10.2. The highest BCUT2D eigenvalue weighted by Crippen LogP contribution is 2.28. The molecule has 0 saturated heterocycles. The topological polar surface area (TPSA) is 87.5 Å². The van der Waals surface area contributed by atoms with Gasteiger partial charge in [0.2, 0.25) is 0 Å². The molecule has 0 spiro atoms. The average molecular weight is 400 g/mol. The lowest BCUT2D eigenvalue weighted by molar-refractivity contribution is -0.144. The smallest absolute Gasteiger partial charge is 0.348 e. The van der Waals surface area contributed by atoms with Crippen LogP contribution in [-0.4, -0.2) is 35.2 Å². The Balaban J connectivity index is 1.83. The summed E-state index contributed by atoms with van der Waals surface area (Å²) in [5.41, 5.74) is 1.19. The van der Waals surface area contributed by atoms with Crippen LogP contribution < -0.4 is 5.56 Å². The number of fused-ring (bicyclic) bond motifs is 1. The van der Waals surface area contributed by atoms with Crippen LogP contribution in [0.25, 0.3) is 10.2 Å². The van der Waals surface area contributed by atoms with Crippen molar-refractivity contribution >= 4 is 33.5 Å². The van der Waals surface area contributed by atoms with Crippen LogP contribution in [0, 0.1) is 6.92 Å². The molecule has 2 aromatic heterocycles. The van der Waals surface area contributed by atoms with Crippen molar-refractivity contribution in [2.75, 3.05) is 13.7 Å². The molecule has 1 unspecified atom stereocenters. The minimum atomic E-state index is -0.810. The first-order valence-electron chi connectivity index (χ1n) is 8.73. The Bertz CT molecular complexity index is 1070. The van der Waals surface area contributed by atoms with E-state index in [1.807, 2.05) is 30.3 Å². The van der Waals surface area contributed by atoms with Gasteiger partial charge in [-0.2, -0.15) is 0 Å². The number of aromatic nitrogens is 2. The first-order valence-corrected chi connectivity index (χ1v) is 9.54. The van der Waals surface area contributed by atoms with Crippen molar-refractivity contribution < 1.29 is 19.1 Å². The molecule has 3 aromatic rings. The van der Waals surface area contributed by atoms with E-state index in [0.717, 1.165) is 16.9 Å². The van der Waals surface area contributed by atoms with Crippen LogP contribution in [0.15, 0.2) is 41.5 Å². The molecule has 2 heterocycles. The molecule has 1 atom stereocenters. The van der Waals surface area contributed by atoms with Crippen LogP contribution >= 0.6 is 11.3 Å². The molecular weight excluding hydrogens is 380 g/mol. The fourth-order valence-electron chi connectivity index (χ4n) is 2.86. The molecule has 0 aliphatic rings. The second-order valence-corrected chi connectivity index (χ2v) is 7.26. The molecule has 3 rings (SSSR count). The molecule has 0 amide bonds. The van der Waals surface area contributed by atoms with Gasteiger partial charge >= 0.3 is 11.9 Å². The molecule has 0 fully saturated rings. The predicted octanol–water partition coefficient (Wildman–Crippen LogP) is 2.90. The molecule has 0 saturated carbocycles. The molecule has 7 nitrogen and oxygen atoms in total. The van der Waals surface area contributed by atoms with Crippen LogP contribution in [0.3, 0.4) is 0 Å². The predicted molar refractivity (Wildman–Crippen MR) is 106 cm³/mol. The van der Waals surface area contributed by atoms with E-state index in [1.54, 1.807) is 13.8 Å². The Labute approximate surface area is 165 Å². The van der Waals surface area contributed by atoms with Gasteiger partial charge in [-0.05, 0) is 25.0 Å². The summed E-state index contributed by atoms with van der Waals surface area (Å²) < 4.78 is 11.3. The monoisotopic (exact) mass is 400 g/mol. The summed E-state index contributed by atoms with van der Waals surface area (Å²) in [5, 5.41) is 0.318. The number of methoxy groups -OCH3 is 1. The maximum absolute atomic E-state index is 12.8. The van der Waals surface area contributed by atoms with Gasteiger partial charge in [-0.15, -0.1) is 11.3 Å². The molecular formula is C20H20N2O5S. The molecule has 146 valence electrons. The van der Waals surface area contributed by atoms with Gasteiger partial charge in [-0.1, -0.05) is 30.3 Å². The molecule has 0 bridgehead atoms. The molecule has 0 N–H and O–H groups in total. The van der Waals surface area contributed by atoms with Gasteiger partial charge in [0, 0.05) is 6.42 Å². The lowest BCUT2D eigenvalue weighted by Gasteiger charge is -2.11. The summed E-state index contributed by atoms with van der Waals surface area (Å²) in [6.45, 7) is 3.48. The minimum Gasteiger partial charge on any atom is -0.467 e. The van der Waals surface area contributed by atoms with Crippen molar-refractivity contribution in [3.63, 3.8) is 0 Å². The van der Waals surface area contributed by atoms with Gasteiger partial charge in [-0.3, -0.25) is 9.36 Å². The van der Waals surface area contributed by atoms with Gasteiger partial charge < -0.3 is 9.47 Å². The van der Waals surface area contributed by atoms with Crippen LogP contribution in [0.1, 0.15) is 33.8 Å². The molecule has 0 aliphatic heterocycles. The number of hydrogen-bond donors (Lipinski definition) is 0. The number of esters is 2. The Hall–Kier alpha value is -3.00. The second kappa shape index (κ2) is 8.35. The maximum Gasteiger partial charge on any atom is 0.348 e. The third-order valence-electron chi connectivity index (χ3n) is 4.49. The quantitative estimate of drug-likeness (QED) is 0.591. The van der Waals surface area contributed by atoms with E-state index in [4.69, 9.17) is 4.74 Å². The molecule has 0 radical (unpaired) electrons. The summed E-state index contributed by atoms with van der Waals surface area (Å²) in [6, 6.07) is 8.91. The number of thiophene rings is 1. The summed E-state index contributed by atoms with van der Waals surface area (Å²) in [6.07, 6.45) is 1.91. The minimum absolute atomic E-state index is 0.244. The zero-order chi connectivity index (χ0) is 20.3. The van der Waals surface area contributed by atoms with Gasteiger partial charge in [0.15, 0.2) is 0 Å². The number of carbonyl (C=O) groups is 2. The van der Waals surface area contributed by atoms with Gasteiger partial charge in [-0.25, -0.2) is 14.6 Å². The van der Waals surface area contributed by atoms with Crippen LogP contribution in [0.4, 0.5) is 0 Å². The average Bonchev–Trinajstić information content (AvgIpc) is 3.05. The first-order chi connectivity index (χ1) is 13.4.